The Kier molecular flexibility index (Phi) is 3.05. The summed E-state index contributed by atoms with van der Waals surface area (Å²) in [6.07, 6.45) is 2.26. The molecule has 0 spiro atoms. The molecule has 2 aromatic heterocycles. The number of phosphoric ester groups is 1. The van der Waals surface area contributed by atoms with E-state index in [1.807, 2.05) is 0 Å². The first-order valence-corrected chi connectivity index (χ1v) is 6.91. The number of aromatic amines is 1. The van der Waals surface area contributed by atoms with Crippen LogP contribution in [0.25, 0.3) is 11.0 Å². The quantitative estimate of drug-likeness (QED) is 0.690. The van der Waals surface area contributed by atoms with E-state index in [0.29, 0.717) is 11.0 Å². The Morgan fingerprint density at radius 3 is 2.65 bits per heavy atom. The summed E-state index contributed by atoms with van der Waals surface area (Å²) in [7, 11) is -4.44. The van der Waals surface area contributed by atoms with Crippen LogP contribution in [0.5, 0.6) is 12.0 Å². The van der Waals surface area contributed by atoms with Gasteiger partial charge in [-0.15, -0.1) is 0 Å². The van der Waals surface area contributed by atoms with Crippen LogP contribution in [0.1, 0.15) is 0 Å². The van der Waals surface area contributed by atoms with Crippen molar-refractivity contribution in [3.8, 4) is 12.0 Å². The summed E-state index contributed by atoms with van der Waals surface area (Å²) in [5.41, 5.74) is 1.27. The van der Waals surface area contributed by atoms with E-state index in [-0.39, 0.29) is 12.0 Å². The molecular weight excluding hydrogens is 285 g/mol. The maximum Gasteiger partial charge on any atom is 0.589 e. The highest BCUT2D eigenvalue weighted by Gasteiger charge is 2.28. The minimum absolute atomic E-state index is 0.133. The number of rotatable bonds is 4. The normalized spacial score (nSPS) is 13.8. The van der Waals surface area contributed by atoms with Gasteiger partial charge in [0.1, 0.15) is 12.7 Å². The molecule has 9 nitrogen and oxygen atoms in total. The van der Waals surface area contributed by atoms with E-state index in [1.54, 1.807) is 24.3 Å². The number of para-hydroxylation sites is 2. The zero-order valence-corrected chi connectivity index (χ0v) is 10.8. The van der Waals surface area contributed by atoms with Crippen LogP contribution < -0.4 is 9.05 Å². The largest absolute Gasteiger partial charge is 0.589 e. The highest BCUT2D eigenvalue weighted by atomic mass is 31.2. The van der Waals surface area contributed by atoms with Crippen molar-refractivity contribution in [2.45, 2.75) is 0 Å². The average Bonchev–Trinajstić information content (AvgIpc) is 2.80. The topological polar surface area (TPSA) is 123 Å². The Balaban J connectivity index is 1.80. The molecule has 0 aliphatic rings. The predicted octanol–water partition coefficient (Wildman–Crippen LogP) is 1.31. The SMILES string of the molecule is O=P(O)(Oc1ncncn1)Oc1nc2ccccc2[nH]1. The van der Waals surface area contributed by atoms with Gasteiger partial charge in [-0.3, -0.25) is 4.89 Å². The lowest BCUT2D eigenvalue weighted by atomic mass is 10.3. The van der Waals surface area contributed by atoms with Gasteiger partial charge in [0.25, 0.3) is 0 Å². The molecule has 0 aliphatic heterocycles. The van der Waals surface area contributed by atoms with E-state index < -0.39 is 7.82 Å². The van der Waals surface area contributed by atoms with Gasteiger partial charge in [0.2, 0.25) is 0 Å². The molecule has 0 bridgehead atoms. The number of fused-ring (bicyclic) bond motifs is 1. The van der Waals surface area contributed by atoms with Crippen molar-refractivity contribution in [2.75, 3.05) is 0 Å². The molecule has 0 fully saturated rings. The Bertz CT molecular complexity index is 744. The Morgan fingerprint density at radius 1 is 1.15 bits per heavy atom. The molecule has 102 valence electrons. The second kappa shape index (κ2) is 4.87. The highest BCUT2D eigenvalue weighted by Crippen LogP contribution is 2.42. The van der Waals surface area contributed by atoms with Crippen molar-refractivity contribution in [1.82, 2.24) is 24.9 Å². The summed E-state index contributed by atoms with van der Waals surface area (Å²) in [5.74, 6) is 0. The summed E-state index contributed by atoms with van der Waals surface area (Å²) < 4.78 is 21.3. The molecule has 0 saturated carbocycles. The van der Waals surface area contributed by atoms with Crippen molar-refractivity contribution >= 4 is 18.9 Å². The third-order valence-electron chi connectivity index (χ3n) is 2.24. The Labute approximate surface area is 112 Å². The number of benzene rings is 1. The van der Waals surface area contributed by atoms with Crippen LogP contribution >= 0.6 is 7.82 Å². The maximum atomic E-state index is 11.8. The van der Waals surface area contributed by atoms with E-state index in [9.17, 15) is 9.46 Å². The monoisotopic (exact) mass is 293 g/mol. The number of phosphoric acid groups is 1. The fraction of sp³-hybridized carbons (Fsp3) is 0. The van der Waals surface area contributed by atoms with E-state index in [2.05, 4.69) is 29.4 Å². The van der Waals surface area contributed by atoms with Crippen LogP contribution in [0.15, 0.2) is 36.9 Å². The zero-order valence-electron chi connectivity index (χ0n) is 9.87. The van der Waals surface area contributed by atoms with Gasteiger partial charge in [-0.2, -0.15) is 15.0 Å². The number of hydrogen-bond acceptors (Lipinski definition) is 7. The summed E-state index contributed by atoms with van der Waals surface area (Å²) in [4.78, 5) is 27.0. The van der Waals surface area contributed by atoms with Crippen molar-refractivity contribution < 1.29 is 18.5 Å². The molecule has 0 aliphatic carbocycles. The van der Waals surface area contributed by atoms with Crippen molar-refractivity contribution in [3.63, 3.8) is 0 Å². The van der Waals surface area contributed by atoms with Crippen LogP contribution in [0.3, 0.4) is 0 Å². The molecule has 0 amide bonds. The lowest BCUT2D eigenvalue weighted by Gasteiger charge is -2.09. The summed E-state index contributed by atoms with van der Waals surface area (Å²) in [6, 6.07) is 6.61. The molecule has 3 aromatic rings. The Morgan fingerprint density at radius 2 is 1.90 bits per heavy atom. The average molecular weight is 293 g/mol. The second-order valence-electron chi connectivity index (χ2n) is 3.63. The number of aromatic nitrogens is 5. The molecular formula is C10H8N5O4P. The number of nitrogens with zero attached hydrogens (tertiary/aromatic N) is 4. The first kappa shape index (κ1) is 12.5. The molecule has 0 saturated heterocycles. The standard InChI is InChI=1S/C10H8N5O4P/c16-20(17,18-9-12-5-11-6-13-9)19-10-14-7-3-1-2-4-8(7)15-10/h1-6H,(H,14,15)(H,16,17). The van der Waals surface area contributed by atoms with Gasteiger partial charge in [-0.05, 0) is 12.1 Å². The van der Waals surface area contributed by atoms with Gasteiger partial charge in [0.15, 0.2) is 0 Å². The third-order valence-corrected chi connectivity index (χ3v) is 3.03. The number of H-pyrrole nitrogens is 1. The van der Waals surface area contributed by atoms with Crippen LogP contribution in [0.2, 0.25) is 0 Å². The summed E-state index contributed by atoms with van der Waals surface area (Å²) in [6.45, 7) is 0. The minimum Gasteiger partial charge on any atom is -0.361 e. The zero-order chi connectivity index (χ0) is 14.0. The van der Waals surface area contributed by atoms with Gasteiger partial charge >= 0.3 is 19.8 Å². The molecule has 20 heavy (non-hydrogen) atoms. The minimum atomic E-state index is -4.44. The molecule has 0 radical (unpaired) electrons. The van der Waals surface area contributed by atoms with Crippen molar-refractivity contribution in [3.05, 3.63) is 36.9 Å². The van der Waals surface area contributed by atoms with Gasteiger partial charge in [0, 0.05) is 0 Å². The number of imidazole rings is 1. The fourth-order valence-corrected chi connectivity index (χ4v) is 2.12. The van der Waals surface area contributed by atoms with E-state index >= 15 is 0 Å². The molecule has 1 unspecified atom stereocenters. The van der Waals surface area contributed by atoms with E-state index in [1.165, 1.54) is 0 Å². The van der Waals surface area contributed by atoms with Gasteiger partial charge in [-0.25, -0.2) is 9.55 Å². The lowest BCUT2D eigenvalue weighted by Crippen LogP contribution is -2.03. The summed E-state index contributed by atoms with van der Waals surface area (Å²) >= 11 is 0. The number of hydrogen-bond donors (Lipinski definition) is 2. The third kappa shape index (κ3) is 2.73. The van der Waals surface area contributed by atoms with Crippen molar-refractivity contribution in [1.29, 1.82) is 0 Å². The van der Waals surface area contributed by atoms with Crippen LogP contribution in [0, 0.1) is 0 Å². The first-order valence-electron chi connectivity index (χ1n) is 5.41. The van der Waals surface area contributed by atoms with Gasteiger partial charge < -0.3 is 14.0 Å². The van der Waals surface area contributed by atoms with Crippen LogP contribution in [-0.2, 0) is 4.57 Å². The van der Waals surface area contributed by atoms with E-state index in [0.717, 1.165) is 12.7 Å². The lowest BCUT2D eigenvalue weighted by molar-refractivity contribution is 0.276. The molecule has 1 atom stereocenters. The highest BCUT2D eigenvalue weighted by molar-refractivity contribution is 7.48. The molecule has 10 heteroatoms. The summed E-state index contributed by atoms with van der Waals surface area (Å²) in [5, 5.41) is 0. The van der Waals surface area contributed by atoms with Crippen LogP contribution in [-0.4, -0.2) is 29.8 Å². The molecule has 1 aromatic carbocycles. The predicted molar refractivity (Wildman–Crippen MR) is 67.0 cm³/mol. The fourth-order valence-electron chi connectivity index (χ4n) is 1.48. The van der Waals surface area contributed by atoms with Gasteiger partial charge in [-0.1, -0.05) is 12.1 Å². The smallest absolute Gasteiger partial charge is 0.361 e. The van der Waals surface area contributed by atoms with Gasteiger partial charge in [0.05, 0.1) is 11.0 Å². The maximum absolute atomic E-state index is 11.8. The van der Waals surface area contributed by atoms with Crippen molar-refractivity contribution in [2.24, 2.45) is 0 Å². The number of nitrogens with one attached hydrogen (secondary N) is 1. The van der Waals surface area contributed by atoms with E-state index in [4.69, 9.17) is 4.52 Å². The molecule has 3 rings (SSSR count). The second-order valence-corrected chi connectivity index (χ2v) is 4.93. The Hall–Kier alpha value is -2.51. The molecule has 2 heterocycles. The van der Waals surface area contributed by atoms with Crippen LogP contribution in [0.4, 0.5) is 0 Å². The first-order chi connectivity index (χ1) is 9.62. The molecule has 2 N–H and O–H groups in total.